The zero-order valence-electron chi connectivity index (χ0n) is 8.66. The van der Waals surface area contributed by atoms with Gasteiger partial charge in [0.25, 0.3) is 0 Å². The summed E-state index contributed by atoms with van der Waals surface area (Å²) in [4.78, 5) is 4.83. The molecule has 2 nitrogen and oxygen atoms in total. The second-order valence-electron chi connectivity index (χ2n) is 5.03. The molecule has 1 saturated carbocycles. The van der Waals surface area contributed by atoms with Crippen LogP contribution < -0.4 is 15.9 Å². The van der Waals surface area contributed by atoms with Crippen LogP contribution in [-0.4, -0.2) is 18.1 Å². The molecule has 1 saturated heterocycles. The molecule has 76 valence electrons. The topological polar surface area (TPSA) is 24.4 Å². The van der Waals surface area contributed by atoms with Gasteiger partial charge in [-0.2, -0.15) is 0 Å². The van der Waals surface area contributed by atoms with Crippen LogP contribution in [0.4, 0.5) is 0 Å². The van der Waals surface area contributed by atoms with Gasteiger partial charge in [-0.3, -0.25) is 4.99 Å². The van der Waals surface area contributed by atoms with Crippen molar-refractivity contribution in [2.45, 2.75) is 30.8 Å². The van der Waals surface area contributed by atoms with Crippen LogP contribution >= 0.6 is 0 Å². The van der Waals surface area contributed by atoms with Crippen molar-refractivity contribution in [3.8, 4) is 0 Å². The van der Waals surface area contributed by atoms with Gasteiger partial charge in [0.05, 0.1) is 11.4 Å². The molecule has 1 N–H and O–H groups in total. The number of nitrogens with zero attached hydrogens (tertiary/aromatic N) is 1. The minimum atomic E-state index is 0.472. The van der Waals surface area contributed by atoms with E-state index in [-0.39, 0.29) is 0 Å². The van der Waals surface area contributed by atoms with Crippen molar-refractivity contribution in [3.63, 3.8) is 0 Å². The van der Waals surface area contributed by atoms with E-state index in [0.29, 0.717) is 11.6 Å². The number of piperidine rings is 1. The third kappa shape index (κ3) is 1.06. The van der Waals surface area contributed by atoms with Crippen LogP contribution in [0.15, 0.2) is 29.3 Å². The number of nitrogens with one attached hydrogen (secondary N) is 1. The predicted octanol–water partition coefficient (Wildman–Crippen LogP) is 0.365. The minimum Gasteiger partial charge on any atom is -0.307 e. The summed E-state index contributed by atoms with van der Waals surface area (Å²) in [7, 11) is 0. The molecule has 1 aliphatic carbocycles. The maximum atomic E-state index is 4.83. The van der Waals surface area contributed by atoms with Crippen LogP contribution in [0, 0.1) is 0 Å². The van der Waals surface area contributed by atoms with Crippen LogP contribution in [-0.2, 0) is 0 Å². The number of fused-ring (bicyclic) bond motifs is 2. The van der Waals surface area contributed by atoms with Gasteiger partial charge in [0.1, 0.15) is 0 Å². The standard InChI is InChI=1S/C13H14N2/c1-2-4-11-9(3-1)10-8-14-13(5-6-13)7-12(10)15-11/h1-4,12,14H,5-8H2. The van der Waals surface area contributed by atoms with Crippen LogP contribution in [0.2, 0.25) is 0 Å². The maximum Gasteiger partial charge on any atom is 0.0755 e. The van der Waals surface area contributed by atoms with E-state index in [9.17, 15) is 0 Å². The second kappa shape index (κ2) is 2.50. The lowest BCUT2D eigenvalue weighted by Crippen LogP contribution is -2.43. The lowest BCUT2D eigenvalue weighted by Gasteiger charge is -2.28. The molecule has 3 aliphatic rings. The van der Waals surface area contributed by atoms with E-state index in [0.717, 1.165) is 6.54 Å². The van der Waals surface area contributed by atoms with Crippen molar-refractivity contribution in [2.75, 3.05) is 6.54 Å². The normalized spacial score (nSPS) is 29.6. The van der Waals surface area contributed by atoms with Crippen molar-refractivity contribution in [1.29, 1.82) is 0 Å². The van der Waals surface area contributed by atoms with Gasteiger partial charge in [0, 0.05) is 17.3 Å². The fraction of sp³-hybridized carbons (Fsp3) is 0.462. The summed E-state index contributed by atoms with van der Waals surface area (Å²) in [6.45, 7) is 1.05. The van der Waals surface area contributed by atoms with E-state index in [1.165, 1.54) is 35.4 Å². The Hall–Kier alpha value is -1.15. The molecule has 4 rings (SSSR count). The molecule has 2 heteroatoms. The zero-order chi connectivity index (χ0) is 9.88. The van der Waals surface area contributed by atoms with E-state index >= 15 is 0 Å². The Bertz CT molecular complexity index is 540. The van der Waals surface area contributed by atoms with E-state index < -0.39 is 0 Å². The van der Waals surface area contributed by atoms with Gasteiger partial charge in [-0.1, -0.05) is 18.2 Å². The van der Waals surface area contributed by atoms with Crippen molar-refractivity contribution in [3.05, 3.63) is 34.8 Å². The first kappa shape index (κ1) is 8.05. The van der Waals surface area contributed by atoms with Gasteiger partial charge in [0.15, 0.2) is 0 Å². The molecule has 1 atom stereocenters. The monoisotopic (exact) mass is 198 g/mol. The minimum absolute atomic E-state index is 0.472. The molecule has 1 aromatic rings. The highest BCUT2D eigenvalue weighted by Crippen LogP contribution is 2.44. The summed E-state index contributed by atoms with van der Waals surface area (Å²) in [5.74, 6) is 0. The fourth-order valence-corrected chi connectivity index (χ4v) is 2.92. The first-order chi connectivity index (χ1) is 7.36. The summed E-state index contributed by atoms with van der Waals surface area (Å²) < 4.78 is 0. The average molecular weight is 198 g/mol. The molecular formula is C13H14N2. The molecule has 0 aromatic heterocycles. The van der Waals surface area contributed by atoms with Crippen molar-refractivity contribution in [1.82, 2.24) is 5.32 Å². The molecule has 1 spiro atoms. The number of hydrogen-bond acceptors (Lipinski definition) is 2. The number of rotatable bonds is 0. The molecule has 2 fully saturated rings. The van der Waals surface area contributed by atoms with Crippen LogP contribution in [0.3, 0.4) is 0 Å². The van der Waals surface area contributed by atoms with E-state index in [1.54, 1.807) is 0 Å². The smallest absolute Gasteiger partial charge is 0.0755 e. The number of benzene rings is 1. The Balaban J connectivity index is 1.89. The van der Waals surface area contributed by atoms with Gasteiger partial charge in [0.2, 0.25) is 0 Å². The van der Waals surface area contributed by atoms with Gasteiger partial charge in [-0.05, 0) is 30.9 Å². The lowest BCUT2D eigenvalue weighted by molar-refractivity contribution is 0.435. The largest absolute Gasteiger partial charge is 0.307 e. The first-order valence-electron chi connectivity index (χ1n) is 5.77. The first-order valence-corrected chi connectivity index (χ1v) is 5.77. The lowest BCUT2D eigenvalue weighted by atomic mass is 9.93. The van der Waals surface area contributed by atoms with Crippen LogP contribution in [0.5, 0.6) is 0 Å². The molecule has 2 heterocycles. The SMILES string of the molecule is c1ccc2c(c1)=NC1CC3(CC3)NCC=21. The maximum absolute atomic E-state index is 4.83. The van der Waals surface area contributed by atoms with Crippen LogP contribution in [0.1, 0.15) is 19.3 Å². The van der Waals surface area contributed by atoms with Crippen molar-refractivity contribution < 1.29 is 0 Å². The Labute approximate surface area is 88.7 Å². The summed E-state index contributed by atoms with van der Waals surface area (Å²) in [5, 5.41) is 6.27. The molecule has 0 radical (unpaired) electrons. The quantitative estimate of drug-likeness (QED) is 0.640. The Morgan fingerprint density at radius 3 is 3.00 bits per heavy atom. The summed E-state index contributed by atoms with van der Waals surface area (Å²) in [6.07, 6.45) is 3.92. The average Bonchev–Trinajstić information content (AvgIpc) is 2.91. The number of para-hydroxylation sites is 1. The van der Waals surface area contributed by atoms with E-state index in [2.05, 4.69) is 29.6 Å². The van der Waals surface area contributed by atoms with Crippen molar-refractivity contribution in [2.24, 2.45) is 4.99 Å². The molecule has 0 amide bonds. The molecule has 1 unspecified atom stereocenters. The van der Waals surface area contributed by atoms with Crippen LogP contribution in [0.25, 0.3) is 5.57 Å². The molecule has 15 heavy (non-hydrogen) atoms. The Morgan fingerprint density at radius 1 is 1.27 bits per heavy atom. The Morgan fingerprint density at radius 2 is 2.13 bits per heavy atom. The summed E-state index contributed by atoms with van der Waals surface area (Å²) >= 11 is 0. The Kier molecular flexibility index (Phi) is 1.34. The summed E-state index contributed by atoms with van der Waals surface area (Å²) in [6, 6.07) is 9.03. The third-order valence-corrected chi connectivity index (χ3v) is 4.04. The highest BCUT2D eigenvalue weighted by Gasteiger charge is 2.47. The van der Waals surface area contributed by atoms with Gasteiger partial charge in [-0.15, -0.1) is 0 Å². The fourth-order valence-electron chi connectivity index (χ4n) is 2.92. The van der Waals surface area contributed by atoms with Crippen molar-refractivity contribution >= 4 is 5.57 Å². The number of hydrogen-bond donors (Lipinski definition) is 1. The second-order valence-corrected chi connectivity index (χ2v) is 5.03. The highest BCUT2D eigenvalue weighted by atomic mass is 15.1. The molecule has 0 bridgehead atoms. The molecule has 1 aromatic carbocycles. The summed E-state index contributed by atoms with van der Waals surface area (Å²) in [5.41, 5.74) is 1.99. The molecular weight excluding hydrogens is 184 g/mol. The molecule has 2 aliphatic heterocycles. The van der Waals surface area contributed by atoms with E-state index in [1.807, 2.05) is 0 Å². The van der Waals surface area contributed by atoms with E-state index in [4.69, 9.17) is 4.99 Å². The highest BCUT2D eigenvalue weighted by molar-refractivity contribution is 5.57. The van der Waals surface area contributed by atoms with Gasteiger partial charge < -0.3 is 5.32 Å². The predicted molar refractivity (Wildman–Crippen MR) is 59.0 cm³/mol. The third-order valence-electron chi connectivity index (χ3n) is 4.04. The zero-order valence-corrected chi connectivity index (χ0v) is 8.66. The van der Waals surface area contributed by atoms with Gasteiger partial charge in [-0.25, -0.2) is 0 Å². The van der Waals surface area contributed by atoms with Gasteiger partial charge >= 0.3 is 0 Å².